The molecule has 0 radical (unpaired) electrons. The predicted molar refractivity (Wildman–Crippen MR) is 165 cm³/mol. The highest BCUT2D eigenvalue weighted by Gasteiger charge is 2.41. The van der Waals surface area contributed by atoms with E-state index in [4.69, 9.17) is 6.11 Å². The van der Waals surface area contributed by atoms with Crippen LogP contribution >= 0.6 is 11.3 Å². The van der Waals surface area contributed by atoms with E-state index in [-0.39, 0.29) is 49.2 Å². The molecule has 2 aliphatic carbocycles. The smallest absolute Gasteiger partial charge is 0.409 e. The van der Waals surface area contributed by atoms with Gasteiger partial charge in [-0.3, -0.25) is 9.59 Å². The van der Waals surface area contributed by atoms with Crippen molar-refractivity contribution in [3.05, 3.63) is 52.2 Å². The van der Waals surface area contributed by atoms with Crippen molar-refractivity contribution >= 4 is 29.2 Å². The van der Waals surface area contributed by atoms with Crippen molar-refractivity contribution in [3.63, 3.8) is 0 Å². The van der Waals surface area contributed by atoms with Crippen LogP contribution in [0.2, 0.25) is 0 Å². The van der Waals surface area contributed by atoms with E-state index in [0.717, 1.165) is 43.4 Å². The van der Waals surface area contributed by atoms with Gasteiger partial charge >= 0.3 is 6.09 Å². The van der Waals surface area contributed by atoms with Gasteiger partial charge in [0.05, 0.1) is 24.7 Å². The summed E-state index contributed by atoms with van der Waals surface area (Å²) >= 11 is 1.51. The number of nitrogens with one attached hydrogen (secondary N) is 2. The van der Waals surface area contributed by atoms with Crippen LogP contribution in [0.5, 0.6) is 5.75 Å². The number of ether oxygens (including phenoxy) is 1. The van der Waals surface area contributed by atoms with Crippen LogP contribution in [0.4, 0.5) is 4.79 Å². The lowest BCUT2D eigenvalue weighted by Crippen LogP contribution is -2.64. The molecule has 1 aromatic carbocycles. The molecule has 2 N–H and O–H groups in total. The van der Waals surface area contributed by atoms with Crippen molar-refractivity contribution in [1.82, 2.24) is 20.4 Å². The normalized spacial score (nSPS) is 22.8. The van der Waals surface area contributed by atoms with Crippen LogP contribution in [0.3, 0.4) is 0 Å². The molecule has 0 unspecified atom stereocenters. The fourth-order valence-electron chi connectivity index (χ4n) is 6.26. The lowest BCUT2D eigenvalue weighted by atomic mass is 9.83. The van der Waals surface area contributed by atoms with E-state index in [0.29, 0.717) is 32.2 Å². The Morgan fingerprint density at radius 2 is 1.77 bits per heavy atom. The largest absolute Gasteiger partial charge is 0.415 e. The monoisotopic (exact) mass is 607 g/mol. The molecule has 2 heterocycles. The highest BCUT2D eigenvalue weighted by atomic mass is 32.1. The summed E-state index contributed by atoms with van der Waals surface area (Å²) in [5.74, 6) is -1.33. The van der Waals surface area contributed by atoms with Crippen molar-refractivity contribution in [1.29, 1.82) is 5.26 Å². The SMILES string of the molecule is [2H]C1(C[C@H](NC2([2H])CCCCC2)C(=O)N2CCN(C(=O)Oc3ccccc3C#N)C[C@H]2C(=O)NCc2cccs2)CCCCC1. The zero-order chi connectivity index (χ0) is 31.9. The lowest BCUT2D eigenvalue weighted by Gasteiger charge is -2.42. The first kappa shape index (κ1) is 28.4. The van der Waals surface area contributed by atoms with Crippen molar-refractivity contribution in [2.24, 2.45) is 5.89 Å². The van der Waals surface area contributed by atoms with E-state index in [1.165, 1.54) is 21.1 Å². The number of rotatable bonds is 9. The van der Waals surface area contributed by atoms with Gasteiger partial charge in [-0.25, -0.2) is 4.79 Å². The molecule has 9 nitrogen and oxygen atoms in total. The quantitative estimate of drug-likeness (QED) is 0.405. The molecule has 230 valence electrons. The number of thiophene rings is 1. The predicted octanol–water partition coefficient (Wildman–Crippen LogP) is 5.21. The fourth-order valence-corrected chi connectivity index (χ4v) is 6.91. The Labute approximate surface area is 261 Å². The third-order valence-corrected chi connectivity index (χ3v) is 9.51. The maximum absolute atomic E-state index is 14.5. The van der Waals surface area contributed by atoms with Crippen LogP contribution < -0.4 is 15.4 Å². The highest BCUT2D eigenvalue weighted by molar-refractivity contribution is 7.09. The lowest BCUT2D eigenvalue weighted by molar-refractivity contribution is -0.145. The molecule has 2 aromatic rings. The van der Waals surface area contributed by atoms with Crippen molar-refractivity contribution < 1.29 is 21.9 Å². The molecule has 3 fully saturated rings. The molecule has 5 rings (SSSR count). The number of benzene rings is 1. The first-order valence-electron chi connectivity index (χ1n) is 16.5. The summed E-state index contributed by atoms with van der Waals surface area (Å²) < 4.78 is 23.9. The molecule has 1 aromatic heterocycles. The molecule has 10 heteroatoms. The van der Waals surface area contributed by atoms with Crippen molar-refractivity contribution in [3.8, 4) is 11.8 Å². The van der Waals surface area contributed by atoms with Gasteiger partial charge in [-0.1, -0.05) is 69.6 Å². The van der Waals surface area contributed by atoms with Crippen molar-refractivity contribution in [2.45, 2.75) is 95.3 Å². The Balaban J connectivity index is 1.37. The summed E-state index contributed by atoms with van der Waals surface area (Å²) in [5.41, 5.74) is 0.220. The zero-order valence-corrected chi connectivity index (χ0v) is 25.5. The summed E-state index contributed by atoms with van der Waals surface area (Å²) in [6, 6.07) is 9.56. The molecular weight excluding hydrogens is 562 g/mol. The summed E-state index contributed by atoms with van der Waals surface area (Å²) in [7, 11) is 0. The fraction of sp³-hybridized carbons (Fsp3) is 0.576. The summed E-state index contributed by atoms with van der Waals surface area (Å²) in [4.78, 5) is 45.4. The summed E-state index contributed by atoms with van der Waals surface area (Å²) in [5, 5.41) is 17.7. The van der Waals surface area contributed by atoms with Crippen LogP contribution in [0.1, 0.15) is 83.8 Å². The molecule has 0 spiro atoms. The second kappa shape index (κ2) is 15.3. The number of piperazine rings is 1. The minimum absolute atomic E-state index is 0.0830. The van der Waals surface area contributed by atoms with Gasteiger partial charge in [-0.05, 0) is 48.7 Å². The van der Waals surface area contributed by atoms with Gasteiger partial charge in [0.25, 0.3) is 0 Å². The van der Waals surface area contributed by atoms with E-state index in [1.807, 2.05) is 23.6 Å². The first-order valence-corrected chi connectivity index (χ1v) is 16.4. The van der Waals surface area contributed by atoms with Crippen molar-refractivity contribution in [2.75, 3.05) is 19.6 Å². The Morgan fingerprint density at radius 1 is 1.02 bits per heavy atom. The minimum Gasteiger partial charge on any atom is -0.409 e. The third-order valence-electron chi connectivity index (χ3n) is 8.63. The average Bonchev–Trinajstić information content (AvgIpc) is 3.57. The molecule has 3 amide bonds. The second-order valence-corrected chi connectivity index (χ2v) is 12.7. The number of nitriles is 1. The number of hydrogen-bond donors (Lipinski definition) is 2. The topological polar surface area (TPSA) is 115 Å². The van der Waals surface area contributed by atoms with E-state index in [2.05, 4.69) is 10.6 Å². The molecule has 0 bridgehead atoms. The number of para-hydroxylation sites is 1. The first-order chi connectivity index (χ1) is 21.7. The molecule has 2 saturated carbocycles. The maximum Gasteiger partial charge on any atom is 0.415 e. The van der Waals surface area contributed by atoms with Crippen LogP contribution in [0.15, 0.2) is 41.8 Å². The van der Waals surface area contributed by atoms with Gasteiger partial charge in [-0.15, -0.1) is 11.3 Å². The van der Waals surface area contributed by atoms with Gasteiger partial charge in [-0.2, -0.15) is 5.26 Å². The number of hydrogen-bond acceptors (Lipinski definition) is 7. The van der Waals surface area contributed by atoms with Gasteiger partial charge in [0, 0.05) is 26.7 Å². The van der Waals surface area contributed by atoms with Crippen LogP contribution in [0, 0.1) is 17.2 Å². The standard InChI is InChI=1S/C33H43N5O4S/c34-21-25-12-7-8-16-30(25)42-33(41)37-17-18-38(29(23-37)31(39)35-22-27-15-9-19-43-27)32(40)28(20-24-10-3-1-4-11-24)36-26-13-5-2-6-14-26/h7-9,12,15-16,19,24,26,28-29,36H,1-6,10-11,13-14,17-18,20,22-23H2,(H,35,39)/t28-,29-/m0/s1/i24D,26D. The van der Waals surface area contributed by atoms with Gasteiger partial charge in [0.2, 0.25) is 11.8 Å². The Morgan fingerprint density at radius 3 is 2.49 bits per heavy atom. The highest BCUT2D eigenvalue weighted by Crippen LogP contribution is 2.29. The third kappa shape index (κ3) is 8.36. The van der Waals surface area contributed by atoms with E-state index < -0.39 is 30.1 Å². The molecule has 2 atom stereocenters. The van der Waals surface area contributed by atoms with E-state index in [9.17, 15) is 21.0 Å². The summed E-state index contributed by atoms with van der Waals surface area (Å²) in [6.07, 6.45) is 8.12. The number of amides is 3. The Bertz CT molecular complexity index is 1350. The number of nitrogens with zero attached hydrogens (tertiary/aromatic N) is 3. The Kier molecular flexibility index (Phi) is 10.1. The number of carbonyl (C=O) groups excluding carboxylic acids is 3. The van der Waals surface area contributed by atoms with E-state index >= 15 is 0 Å². The van der Waals surface area contributed by atoms with Crippen LogP contribution in [-0.4, -0.2) is 65.4 Å². The van der Waals surface area contributed by atoms with Crippen LogP contribution in [-0.2, 0) is 16.1 Å². The van der Waals surface area contributed by atoms with E-state index in [1.54, 1.807) is 24.3 Å². The average molecular weight is 608 g/mol. The Hall–Kier alpha value is -3.42. The van der Waals surface area contributed by atoms with Crippen LogP contribution in [0.25, 0.3) is 0 Å². The zero-order valence-electron chi connectivity index (χ0n) is 26.7. The van der Waals surface area contributed by atoms with Gasteiger partial charge in [0.1, 0.15) is 12.1 Å². The summed E-state index contributed by atoms with van der Waals surface area (Å²) in [6.45, 7) is 0.445. The molecular formula is C33H43N5O4S. The molecule has 1 saturated heterocycles. The number of carbonyl (C=O) groups is 3. The van der Waals surface area contributed by atoms with Gasteiger partial charge < -0.3 is 25.2 Å². The molecule has 43 heavy (non-hydrogen) atoms. The molecule has 1 aliphatic heterocycles. The van der Waals surface area contributed by atoms with Gasteiger partial charge in [0.15, 0.2) is 5.75 Å². The second-order valence-electron chi connectivity index (χ2n) is 11.6. The molecule has 3 aliphatic rings. The minimum atomic E-state index is -0.990. The maximum atomic E-state index is 14.5.